The molecule has 2 N–H and O–H groups in total. The van der Waals surface area contributed by atoms with Crippen LogP contribution in [0, 0.1) is 0 Å². The normalized spacial score (nSPS) is 10.9. The molecule has 0 aliphatic rings. The van der Waals surface area contributed by atoms with Crippen molar-refractivity contribution in [1.82, 2.24) is 9.55 Å². The summed E-state index contributed by atoms with van der Waals surface area (Å²) in [7, 11) is 0. The number of amides is 2. The van der Waals surface area contributed by atoms with Crippen molar-refractivity contribution >= 4 is 28.4 Å². The van der Waals surface area contributed by atoms with E-state index in [4.69, 9.17) is 4.98 Å². The van der Waals surface area contributed by atoms with E-state index >= 15 is 0 Å². The molecule has 0 saturated heterocycles. The molecule has 0 unspecified atom stereocenters. The van der Waals surface area contributed by atoms with Crippen LogP contribution in [0.2, 0.25) is 0 Å². The monoisotopic (exact) mass is 460 g/mol. The number of aryl methyl sites for hydroxylation is 3. The molecule has 0 saturated carbocycles. The fourth-order valence-electron chi connectivity index (χ4n) is 4.40. The van der Waals surface area contributed by atoms with Crippen LogP contribution in [-0.4, -0.2) is 15.6 Å². The zero-order valence-electron chi connectivity index (χ0n) is 19.7. The van der Waals surface area contributed by atoms with Crippen molar-refractivity contribution in [3.8, 4) is 5.69 Å². The minimum Gasteiger partial charge on any atom is -0.308 e. The number of hydrogen-bond acceptors (Lipinski definition) is 2. The number of rotatable bonds is 7. The van der Waals surface area contributed by atoms with E-state index in [2.05, 4.69) is 52.5 Å². The predicted molar refractivity (Wildman–Crippen MR) is 143 cm³/mol. The molecule has 5 heteroatoms. The molecular formula is C30H28N4O. The van der Waals surface area contributed by atoms with Crippen LogP contribution in [0.25, 0.3) is 16.7 Å². The molecule has 4 aromatic carbocycles. The molecule has 5 rings (SSSR count). The number of carbonyl (C=O) groups is 1. The number of benzene rings is 4. The van der Waals surface area contributed by atoms with Gasteiger partial charge in [-0.05, 0) is 66.4 Å². The Labute approximate surface area is 205 Å². The second kappa shape index (κ2) is 10.3. The topological polar surface area (TPSA) is 59.0 Å². The van der Waals surface area contributed by atoms with Crippen molar-refractivity contribution in [2.75, 3.05) is 10.6 Å². The second-order valence-electron chi connectivity index (χ2n) is 8.48. The van der Waals surface area contributed by atoms with E-state index in [0.717, 1.165) is 64.3 Å². The SMILES string of the molecule is CCc1ccccc1NC(=O)Nc1cccc(CCc2nc3ccccc3n2-c2ccccc2)c1. The highest BCUT2D eigenvalue weighted by Crippen LogP contribution is 2.23. The lowest BCUT2D eigenvalue weighted by molar-refractivity contribution is 0.262. The summed E-state index contributed by atoms with van der Waals surface area (Å²) in [5, 5.41) is 5.93. The van der Waals surface area contributed by atoms with Gasteiger partial charge < -0.3 is 10.6 Å². The number of urea groups is 1. The number of carbonyl (C=O) groups excluding carboxylic acids is 1. The first-order chi connectivity index (χ1) is 17.2. The van der Waals surface area contributed by atoms with Crippen molar-refractivity contribution < 1.29 is 4.79 Å². The molecule has 0 atom stereocenters. The third-order valence-corrected chi connectivity index (χ3v) is 6.11. The average molecular weight is 461 g/mol. The summed E-state index contributed by atoms with van der Waals surface area (Å²) < 4.78 is 2.23. The molecule has 2 amide bonds. The van der Waals surface area contributed by atoms with Gasteiger partial charge in [-0.15, -0.1) is 0 Å². The van der Waals surface area contributed by atoms with Gasteiger partial charge in [0.25, 0.3) is 0 Å². The Morgan fingerprint density at radius 3 is 2.43 bits per heavy atom. The Kier molecular flexibility index (Phi) is 6.57. The smallest absolute Gasteiger partial charge is 0.308 e. The van der Waals surface area contributed by atoms with Gasteiger partial charge in [-0.2, -0.15) is 0 Å². The Morgan fingerprint density at radius 1 is 0.800 bits per heavy atom. The van der Waals surface area contributed by atoms with Crippen LogP contribution in [0.15, 0.2) is 103 Å². The molecule has 174 valence electrons. The van der Waals surface area contributed by atoms with Crippen LogP contribution >= 0.6 is 0 Å². The largest absolute Gasteiger partial charge is 0.323 e. The number of para-hydroxylation sites is 4. The maximum atomic E-state index is 12.6. The molecule has 0 spiro atoms. The molecule has 5 aromatic rings. The summed E-state index contributed by atoms with van der Waals surface area (Å²) in [6.45, 7) is 2.08. The molecule has 0 fully saturated rings. The lowest BCUT2D eigenvalue weighted by atomic mass is 10.1. The van der Waals surface area contributed by atoms with Gasteiger partial charge in [0.05, 0.1) is 11.0 Å². The van der Waals surface area contributed by atoms with Gasteiger partial charge in [0, 0.05) is 23.5 Å². The first kappa shape index (κ1) is 22.4. The van der Waals surface area contributed by atoms with Gasteiger partial charge in [-0.3, -0.25) is 4.57 Å². The molecule has 0 bridgehead atoms. The van der Waals surface area contributed by atoms with E-state index in [-0.39, 0.29) is 6.03 Å². The highest BCUT2D eigenvalue weighted by molar-refractivity contribution is 6.00. The minimum absolute atomic E-state index is 0.242. The van der Waals surface area contributed by atoms with E-state index < -0.39 is 0 Å². The van der Waals surface area contributed by atoms with Gasteiger partial charge in [0.1, 0.15) is 5.82 Å². The number of nitrogens with zero attached hydrogens (tertiary/aromatic N) is 2. The first-order valence-electron chi connectivity index (χ1n) is 12.0. The number of imidazole rings is 1. The first-order valence-corrected chi connectivity index (χ1v) is 12.0. The lowest BCUT2D eigenvalue weighted by Crippen LogP contribution is -2.20. The van der Waals surface area contributed by atoms with Crippen LogP contribution in [0.4, 0.5) is 16.2 Å². The summed E-state index contributed by atoms with van der Waals surface area (Å²) in [5.41, 5.74) is 7.06. The van der Waals surface area contributed by atoms with Gasteiger partial charge >= 0.3 is 6.03 Å². The molecular weight excluding hydrogens is 432 g/mol. The molecule has 35 heavy (non-hydrogen) atoms. The summed E-state index contributed by atoms with van der Waals surface area (Å²) in [6, 6.07) is 34.2. The summed E-state index contributed by atoms with van der Waals surface area (Å²) >= 11 is 0. The Morgan fingerprint density at radius 2 is 1.57 bits per heavy atom. The third-order valence-electron chi connectivity index (χ3n) is 6.11. The molecule has 0 aliphatic carbocycles. The average Bonchev–Trinajstić information content (AvgIpc) is 3.27. The molecule has 0 aliphatic heterocycles. The van der Waals surface area contributed by atoms with E-state index in [1.807, 2.05) is 72.8 Å². The summed E-state index contributed by atoms with van der Waals surface area (Å²) in [6.07, 6.45) is 2.45. The number of anilines is 2. The van der Waals surface area contributed by atoms with Gasteiger partial charge in [-0.25, -0.2) is 9.78 Å². The van der Waals surface area contributed by atoms with E-state index in [9.17, 15) is 4.79 Å². The number of nitrogens with one attached hydrogen (secondary N) is 2. The Hall–Kier alpha value is -4.38. The van der Waals surface area contributed by atoms with Crippen LogP contribution < -0.4 is 10.6 Å². The quantitative estimate of drug-likeness (QED) is 0.274. The zero-order valence-corrected chi connectivity index (χ0v) is 19.7. The summed E-state index contributed by atoms with van der Waals surface area (Å²) in [4.78, 5) is 17.5. The molecule has 1 heterocycles. The standard InChI is InChI=1S/C30H28N4O/c1-2-23-12-6-7-16-26(23)33-30(35)31-24-13-10-11-22(21-24)19-20-29-32-27-17-8-9-18-28(27)34(29)25-14-4-3-5-15-25/h3-18,21H,2,19-20H2,1H3,(H2,31,33,35). The van der Waals surface area contributed by atoms with Gasteiger partial charge in [-0.1, -0.05) is 67.6 Å². The minimum atomic E-state index is -0.242. The highest BCUT2D eigenvalue weighted by atomic mass is 16.2. The van der Waals surface area contributed by atoms with Crippen molar-refractivity contribution in [1.29, 1.82) is 0 Å². The third kappa shape index (κ3) is 5.09. The van der Waals surface area contributed by atoms with Crippen LogP contribution in [0.1, 0.15) is 23.9 Å². The maximum absolute atomic E-state index is 12.6. The Balaban J connectivity index is 1.31. The van der Waals surface area contributed by atoms with Gasteiger partial charge in [0.2, 0.25) is 0 Å². The number of fused-ring (bicyclic) bond motifs is 1. The van der Waals surface area contributed by atoms with Gasteiger partial charge in [0.15, 0.2) is 0 Å². The predicted octanol–water partition coefficient (Wildman–Crippen LogP) is 7.02. The zero-order chi connectivity index (χ0) is 24.0. The lowest BCUT2D eigenvalue weighted by Gasteiger charge is -2.12. The molecule has 0 radical (unpaired) electrons. The fourth-order valence-corrected chi connectivity index (χ4v) is 4.40. The fraction of sp³-hybridized carbons (Fsp3) is 0.133. The number of aromatic nitrogens is 2. The Bertz CT molecular complexity index is 1460. The highest BCUT2D eigenvalue weighted by Gasteiger charge is 2.12. The van der Waals surface area contributed by atoms with E-state index in [1.165, 1.54) is 0 Å². The van der Waals surface area contributed by atoms with Crippen molar-refractivity contribution in [2.24, 2.45) is 0 Å². The summed E-state index contributed by atoms with van der Waals surface area (Å²) in [5.74, 6) is 1.02. The maximum Gasteiger partial charge on any atom is 0.323 e. The van der Waals surface area contributed by atoms with E-state index in [0.29, 0.717) is 0 Å². The molecule has 5 nitrogen and oxygen atoms in total. The molecule has 1 aromatic heterocycles. The number of hydrogen-bond donors (Lipinski definition) is 2. The van der Waals surface area contributed by atoms with Crippen LogP contribution in [0.5, 0.6) is 0 Å². The van der Waals surface area contributed by atoms with Crippen LogP contribution in [0.3, 0.4) is 0 Å². The van der Waals surface area contributed by atoms with E-state index in [1.54, 1.807) is 0 Å². The van der Waals surface area contributed by atoms with Crippen molar-refractivity contribution in [2.45, 2.75) is 26.2 Å². The van der Waals surface area contributed by atoms with Crippen LogP contribution in [-0.2, 0) is 19.3 Å². The second-order valence-corrected chi connectivity index (χ2v) is 8.48. The van der Waals surface area contributed by atoms with Crippen molar-refractivity contribution in [3.05, 3.63) is 120 Å². The van der Waals surface area contributed by atoms with Crippen molar-refractivity contribution in [3.63, 3.8) is 0 Å².